The summed E-state index contributed by atoms with van der Waals surface area (Å²) in [5.74, 6) is 1.77. The van der Waals surface area contributed by atoms with Gasteiger partial charge in [0.05, 0.1) is 6.54 Å². The topological polar surface area (TPSA) is 77.0 Å². The molecule has 0 aromatic carbocycles. The van der Waals surface area contributed by atoms with E-state index in [1.165, 1.54) is 12.8 Å². The van der Waals surface area contributed by atoms with Crippen LogP contribution in [0, 0.1) is 0 Å². The lowest BCUT2D eigenvalue weighted by Crippen LogP contribution is -2.49. The van der Waals surface area contributed by atoms with Gasteiger partial charge in [-0.15, -0.1) is 6.58 Å². The van der Waals surface area contributed by atoms with Gasteiger partial charge < -0.3 is 20.0 Å². The second-order valence-corrected chi connectivity index (χ2v) is 7.46. The number of allylic oxidation sites excluding steroid dienone is 1. The minimum atomic E-state index is 0.162. The van der Waals surface area contributed by atoms with Gasteiger partial charge in [-0.1, -0.05) is 12.5 Å². The molecular formula is C22H37N7O. The summed E-state index contributed by atoms with van der Waals surface area (Å²) in [6.07, 6.45) is 10.5. The number of piperazine rings is 1. The predicted molar refractivity (Wildman–Crippen MR) is 123 cm³/mol. The fraction of sp³-hybridized carbons (Fsp3) is 0.636. The number of anilines is 1. The molecule has 0 atom stereocenters. The Bertz CT molecular complexity index is 657. The number of unbranched alkanes of at least 4 members (excludes halogenated alkanes) is 3. The SMILES string of the molecule is C=CCCCCCN(C)C(=NCCC(=O)N1CCN(c2ncccn2)CC1)NCC. The van der Waals surface area contributed by atoms with Crippen LogP contribution in [0.25, 0.3) is 0 Å². The predicted octanol–water partition coefficient (Wildman–Crippen LogP) is 2.16. The lowest BCUT2D eigenvalue weighted by molar-refractivity contribution is -0.131. The molecule has 166 valence electrons. The number of carbonyl (C=O) groups excluding carboxylic acids is 1. The van der Waals surface area contributed by atoms with Crippen molar-refractivity contribution < 1.29 is 4.79 Å². The smallest absolute Gasteiger partial charge is 0.225 e. The fourth-order valence-electron chi connectivity index (χ4n) is 3.42. The first-order valence-electron chi connectivity index (χ1n) is 11.1. The molecule has 30 heavy (non-hydrogen) atoms. The fourth-order valence-corrected chi connectivity index (χ4v) is 3.42. The Kier molecular flexibility index (Phi) is 10.7. The van der Waals surface area contributed by atoms with Gasteiger partial charge in [0.25, 0.3) is 0 Å². The Morgan fingerprint density at radius 3 is 2.63 bits per heavy atom. The number of amides is 1. The van der Waals surface area contributed by atoms with Crippen LogP contribution in [0.3, 0.4) is 0 Å². The van der Waals surface area contributed by atoms with Crippen LogP contribution in [0.2, 0.25) is 0 Å². The van der Waals surface area contributed by atoms with Crippen LogP contribution in [0.15, 0.2) is 36.1 Å². The van der Waals surface area contributed by atoms with Crippen molar-refractivity contribution in [2.45, 2.75) is 39.0 Å². The Hall–Kier alpha value is -2.64. The molecule has 1 aromatic rings. The van der Waals surface area contributed by atoms with Crippen molar-refractivity contribution in [1.29, 1.82) is 0 Å². The number of hydrogen-bond donors (Lipinski definition) is 1. The van der Waals surface area contributed by atoms with Crippen molar-refractivity contribution in [2.24, 2.45) is 4.99 Å². The van der Waals surface area contributed by atoms with Gasteiger partial charge in [-0.3, -0.25) is 9.79 Å². The molecule has 2 heterocycles. The summed E-state index contributed by atoms with van der Waals surface area (Å²) in [7, 11) is 2.06. The average Bonchev–Trinajstić information content (AvgIpc) is 2.79. The maximum Gasteiger partial charge on any atom is 0.225 e. The van der Waals surface area contributed by atoms with Crippen LogP contribution >= 0.6 is 0 Å². The average molecular weight is 416 g/mol. The molecule has 2 rings (SSSR count). The summed E-state index contributed by atoms with van der Waals surface area (Å²) in [4.78, 5) is 32.0. The van der Waals surface area contributed by atoms with Gasteiger partial charge in [0, 0.05) is 65.1 Å². The molecule has 0 aliphatic carbocycles. The monoisotopic (exact) mass is 415 g/mol. The molecule has 8 heteroatoms. The van der Waals surface area contributed by atoms with Gasteiger partial charge in [-0.05, 0) is 32.3 Å². The zero-order valence-electron chi connectivity index (χ0n) is 18.6. The Labute approximate surface area is 181 Å². The minimum absolute atomic E-state index is 0.162. The lowest BCUT2D eigenvalue weighted by Gasteiger charge is -2.34. The molecule has 1 saturated heterocycles. The number of guanidine groups is 1. The molecule has 0 saturated carbocycles. The number of aromatic nitrogens is 2. The summed E-state index contributed by atoms with van der Waals surface area (Å²) in [5, 5.41) is 3.33. The van der Waals surface area contributed by atoms with E-state index in [1.807, 2.05) is 17.0 Å². The lowest BCUT2D eigenvalue weighted by atomic mass is 10.2. The van der Waals surface area contributed by atoms with E-state index in [-0.39, 0.29) is 5.91 Å². The van der Waals surface area contributed by atoms with E-state index in [9.17, 15) is 4.79 Å². The van der Waals surface area contributed by atoms with E-state index in [4.69, 9.17) is 0 Å². The third kappa shape index (κ3) is 8.00. The van der Waals surface area contributed by atoms with Crippen LogP contribution < -0.4 is 10.2 Å². The molecule has 1 fully saturated rings. The Morgan fingerprint density at radius 2 is 1.97 bits per heavy atom. The van der Waals surface area contributed by atoms with E-state index in [0.717, 1.165) is 50.9 Å². The van der Waals surface area contributed by atoms with Crippen molar-refractivity contribution in [3.8, 4) is 0 Å². The van der Waals surface area contributed by atoms with Crippen LogP contribution in [-0.4, -0.2) is 84.5 Å². The third-order valence-electron chi connectivity index (χ3n) is 5.15. The van der Waals surface area contributed by atoms with E-state index >= 15 is 0 Å². The van der Waals surface area contributed by atoms with E-state index < -0.39 is 0 Å². The number of carbonyl (C=O) groups is 1. The molecule has 1 aliphatic heterocycles. The first-order chi connectivity index (χ1) is 14.7. The van der Waals surface area contributed by atoms with Gasteiger partial charge in [0.15, 0.2) is 5.96 Å². The molecule has 1 amide bonds. The third-order valence-corrected chi connectivity index (χ3v) is 5.15. The molecule has 0 unspecified atom stereocenters. The second-order valence-electron chi connectivity index (χ2n) is 7.46. The zero-order chi connectivity index (χ0) is 21.6. The molecule has 0 spiro atoms. The maximum atomic E-state index is 12.6. The molecule has 1 aliphatic rings. The minimum Gasteiger partial charge on any atom is -0.357 e. The van der Waals surface area contributed by atoms with Gasteiger partial charge in [-0.2, -0.15) is 0 Å². The molecule has 0 bridgehead atoms. The maximum absolute atomic E-state index is 12.6. The van der Waals surface area contributed by atoms with Crippen molar-refractivity contribution in [3.05, 3.63) is 31.1 Å². The largest absolute Gasteiger partial charge is 0.357 e. The highest BCUT2D eigenvalue weighted by molar-refractivity contribution is 5.81. The quantitative estimate of drug-likeness (QED) is 0.258. The number of hydrogen-bond acceptors (Lipinski definition) is 5. The van der Waals surface area contributed by atoms with Crippen molar-refractivity contribution in [1.82, 2.24) is 25.1 Å². The van der Waals surface area contributed by atoms with E-state index in [2.05, 4.69) is 50.6 Å². The summed E-state index contributed by atoms with van der Waals surface area (Å²) in [5.41, 5.74) is 0. The van der Waals surface area contributed by atoms with Gasteiger partial charge >= 0.3 is 0 Å². The van der Waals surface area contributed by atoms with Crippen LogP contribution in [0.5, 0.6) is 0 Å². The van der Waals surface area contributed by atoms with Crippen molar-refractivity contribution in [2.75, 3.05) is 57.8 Å². The highest BCUT2D eigenvalue weighted by Gasteiger charge is 2.22. The first kappa shape index (κ1) is 23.6. The molecular weight excluding hydrogens is 378 g/mol. The van der Waals surface area contributed by atoms with Gasteiger partial charge in [0.2, 0.25) is 11.9 Å². The molecule has 1 N–H and O–H groups in total. The second kappa shape index (κ2) is 13.6. The summed E-state index contributed by atoms with van der Waals surface area (Å²) < 4.78 is 0. The molecule has 0 radical (unpaired) electrons. The number of rotatable bonds is 11. The summed E-state index contributed by atoms with van der Waals surface area (Å²) >= 11 is 0. The number of aliphatic imine (C=N–C) groups is 1. The highest BCUT2D eigenvalue weighted by atomic mass is 16.2. The number of nitrogens with one attached hydrogen (secondary N) is 1. The van der Waals surface area contributed by atoms with Crippen LogP contribution in [0.1, 0.15) is 39.0 Å². The van der Waals surface area contributed by atoms with Crippen molar-refractivity contribution >= 4 is 17.8 Å². The van der Waals surface area contributed by atoms with E-state index in [0.29, 0.717) is 26.1 Å². The van der Waals surface area contributed by atoms with Crippen LogP contribution in [-0.2, 0) is 4.79 Å². The van der Waals surface area contributed by atoms with Gasteiger partial charge in [-0.25, -0.2) is 9.97 Å². The summed E-state index contributed by atoms with van der Waals surface area (Å²) in [6.45, 7) is 11.0. The Balaban J connectivity index is 1.73. The van der Waals surface area contributed by atoms with E-state index in [1.54, 1.807) is 12.4 Å². The Morgan fingerprint density at radius 1 is 1.23 bits per heavy atom. The molecule has 1 aromatic heterocycles. The molecule has 8 nitrogen and oxygen atoms in total. The number of nitrogens with zero attached hydrogens (tertiary/aromatic N) is 6. The zero-order valence-corrected chi connectivity index (χ0v) is 18.6. The van der Waals surface area contributed by atoms with Crippen molar-refractivity contribution in [3.63, 3.8) is 0 Å². The summed E-state index contributed by atoms with van der Waals surface area (Å²) in [6, 6.07) is 1.81. The van der Waals surface area contributed by atoms with Crippen LogP contribution in [0.4, 0.5) is 5.95 Å². The van der Waals surface area contributed by atoms with Gasteiger partial charge in [0.1, 0.15) is 0 Å². The first-order valence-corrected chi connectivity index (χ1v) is 11.1. The standard InChI is InChI=1S/C22H37N7O/c1-4-6-7-8-9-15-27(3)21(23-5-2)26-14-11-20(30)28-16-18-29(19-17-28)22-24-12-10-13-25-22/h4,10,12-13H,1,5-9,11,14-19H2,2-3H3,(H,23,26). The normalized spacial score (nSPS) is 14.5. The highest BCUT2D eigenvalue weighted by Crippen LogP contribution is 2.10.